The minimum atomic E-state index is -0.361. The molecule has 1 aliphatic rings. The predicted octanol–water partition coefficient (Wildman–Crippen LogP) is 2.37. The van der Waals surface area contributed by atoms with Crippen molar-refractivity contribution >= 4 is 5.91 Å². The number of hydrogen-bond acceptors (Lipinski definition) is 2. The predicted molar refractivity (Wildman–Crippen MR) is 77.8 cm³/mol. The lowest BCUT2D eigenvalue weighted by atomic mass is 9.82. The van der Waals surface area contributed by atoms with E-state index in [1.807, 2.05) is 11.0 Å². The first-order chi connectivity index (χ1) is 9.00. The van der Waals surface area contributed by atoms with Crippen molar-refractivity contribution in [1.82, 2.24) is 4.90 Å². The van der Waals surface area contributed by atoms with E-state index in [9.17, 15) is 4.79 Å². The van der Waals surface area contributed by atoms with Crippen molar-refractivity contribution in [3.05, 3.63) is 35.9 Å². The van der Waals surface area contributed by atoms with Gasteiger partial charge in [0.25, 0.3) is 0 Å². The highest BCUT2D eigenvalue weighted by atomic mass is 16.2. The number of amides is 1. The number of carbonyl (C=O) groups excluding carboxylic acids is 1. The van der Waals surface area contributed by atoms with Gasteiger partial charge in [0.15, 0.2) is 0 Å². The van der Waals surface area contributed by atoms with Gasteiger partial charge in [-0.05, 0) is 24.8 Å². The first-order valence-corrected chi connectivity index (χ1v) is 7.11. The Bertz CT molecular complexity index is 430. The molecule has 3 nitrogen and oxygen atoms in total. The summed E-state index contributed by atoms with van der Waals surface area (Å²) < 4.78 is 0. The van der Waals surface area contributed by atoms with Crippen LogP contribution in [-0.4, -0.2) is 29.4 Å². The summed E-state index contributed by atoms with van der Waals surface area (Å²) in [6.45, 7) is 7.20. The zero-order valence-corrected chi connectivity index (χ0v) is 12.0. The van der Waals surface area contributed by atoms with Crippen molar-refractivity contribution in [2.45, 2.75) is 45.2 Å². The Kier molecular flexibility index (Phi) is 4.25. The van der Waals surface area contributed by atoms with E-state index in [-0.39, 0.29) is 18.0 Å². The quantitative estimate of drug-likeness (QED) is 0.907. The van der Waals surface area contributed by atoms with Gasteiger partial charge in [-0.1, -0.05) is 44.2 Å². The third-order valence-corrected chi connectivity index (χ3v) is 3.97. The van der Waals surface area contributed by atoms with E-state index in [0.29, 0.717) is 11.8 Å². The fourth-order valence-corrected chi connectivity index (χ4v) is 2.97. The largest absolute Gasteiger partial charge is 0.338 e. The van der Waals surface area contributed by atoms with Crippen LogP contribution >= 0.6 is 0 Å². The van der Waals surface area contributed by atoms with Gasteiger partial charge >= 0.3 is 0 Å². The van der Waals surface area contributed by atoms with Gasteiger partial charge in [0.2, 0.25) is 5.91 Å². The molecule has 3 heteroatoms. The van der Waals surface area contributed by atoms with E-state index in [0.717, 1.165) is 13.0 Å². The molecule has 0 unspecified atom stereocenters. The summed E-state index contributed by atoms with van der Waals surface area (Å²) in [6, 6.07) is 10.3. The normalized spacial score (nSPS) is 27.9. The van der Waals surface area contributed by atoms with Gasteiger partial charge in [-0.2, -0.15) is 0 Å². The number of benzene rings is 1. The monoisotopic (exact) mass is 260 g/mol. The molecule has 1 fully saturated rings. The molecule has 19 heavy (non-hydrogen) atoms. The summed E-state index contributed by atoms with van der Waals surface area (Å²) in [5.41, 5.74) is 7.33. The van der Waals surface area contributed by atoms with E-state index in [1.54, 1.807) is 0 Å². The number of rotatable bonds is 3. The van der Waals surface area contributed by atoms with Crippen LogP contribution < -0.4 is 5.73 Å². The van der Waals surface area contributed by atoms with Crippen LogP contribution in [0.5, 0.6) is 0 Å². The number of hydrogen-bond donors (Lipinski definition) is 1. The van der Waals surface area contributed by atoms with E-state index in [2.05, 4.69) is 45.0 Å². The number of piperidine rings is 1. The molecule has 0 bridgehead atoms. The van der Waals surface area contributed by atoms with Crippen LogP contribution in [0.3, 0.4) is 0 Å². The second kappa shape index (κ2) is 5.74. The van der Waals surface area contributed by atoms with Crippen molar-refractivity contribution in [3.8, 4) is 0 Å². The fourth-order valence-electron chi connectivity index (χ4n) is 2.97. The Balaban J connectivity index is 2.24. The minimum Gasteiger partial charge on any atom is -0.338 e. The van der Waals surface area contributed by atoms with E-state index >= 15 is 0 Å². The highest BCUT2D eigenvalue weighted by Crippen LogP contribution is 2.32. The lowest BCUT2D eigenvalue weighted by Gasteiger charge is -2.43. The molecule has 1 aromatic carbocycles. The lowest BCUT2D eigenvalue weighted by Crippen LogP contribution is -2.56. The average Bonchev–Trinajstić information content (AvgIpc) is 2.39. The maximum Gasteiger partial charge on any atom is 0.239 e. The molecule has 0 aliphatic carbocycles. The molecular formula is C16H24N2O. The topological polar surface area (TPSA) is 46.3 Å². The van der Waals surface area contributed by atoms with Gasteiger partial charge in [0, 0.05) is 18.5 Å². The molecule has 2 rings (SSSR count). The standard InChI is InChI=1S/C16H24N2O/c1-11(2)10-18-12(3)14(9-15(17)16(18)19)13-7-5-4-6-8-13/h4-8,11-12,14-15H,9-10,17H2,1-3H3/t12-,14-,15+/m1/s1. The van der Waals surface area contributed by atoms with Gasteiger partial charge in [-0.3, -0.25) is 4.79 Å². The Morgan fingerprint density at radius 2 is 1.95 bits per heavy atom. The van der Waals surface area contributed by atoms with E-state index < -0.39 is 0 Å². The van der Waals surface area contributed by atoms with Gasteiger partial charge in [0.1, 0.15) is 0 Å². The molecule has 3 atom stereocenters. The molecule has 1 aliphatic heterocycles. The molecule has 0 saturated carbocycles. The highest BCUT2D eigenvalue weighted by Gasteiger charge is 2.38. The van der Waals surface area contributed by atoms with Crippen molar-refractivity contribution < 1.29 is 4.79 Å². The summed E-state index contributed by atoms with van der Waals surface area (Å²) in [5, 5.41) is 0. The third-order valence-electron chi connectivity index (χ3n) is 3.97. The van der Waals surface area contributed by atoms with Crippen LogP contribution in [0.15, 0.2) is 30.3 Å². The van der Waals surface area contributed by atoms with Crippen LogP contribution in [0.4, 0.5) is 0 Å². The van der Waals surface area contributed by atoms with Gasteiger partial charge in [-0.15, -0.1) is 0 Å². The Labute approximate surface area is 115 Å². The van der Waals surface area contributed by atoms with Gasteiger partial charge < -0.3 is 10.6 Å². The second-order valence-electron chi connectivity index (χ2n) is 5.98. The lowest BCUT2D eigenvalue weighted by molar-refractivity contribution is -0.139. The van der Waals surface area contributed by atoms with Crippen molar-refractivity contribution in [2.24, 2.45) is 11.7 Å². The Morgan fingerprint density at radius 1 is 1.32 bits per heavy atom. The number of nitrogens with two attached hydrogens (primary N) is 1. The minimum absolute atomic E-state index is 0.105. The number of nitrogens with zero attached hydrogens (tertiary/aromatic N) is 1. The highest BCUT2D eigenvalue weighted by molar-refractivity contribution is 5.83. The zero-order valence-electron chi connectivity index (χ0n) is 12.0. The summed E-state index contributed by atoms with van der Waals surface area (Å²) in [5.74, 6) is 0.911. The Morgan fingerprint density at radius 3 is 2.53 bits per heavy atom. The van der Waals surface area contributed by atoms with E-state index in [4.69, 9.17) is 5.73 Å². The summed E-state index contributed by atoms with van der Waals surface area (Å²) in [7, 11) is 0. The molecule has 2 N–H and O–H groups in total. The molecular weight excluding hydrogens is 236 g/mol. The summed E-state index contributed by atoms with van der Waals surface area (Å²) in [4.78, 5) is 14.2. The Hall–Kier alpha value is -1.35. The average molecular weight is 260 g/mol. The molecule has 0 spiro atoms. The summed E-state index contributed by atoms with van der Waals surface area (Å²) >= 11 is 0. The molecule has 0 radical (unpaired) electrons. The van der Waals surface area contributed by atoms with Crippen LogP contribution in [-0.2, 0) is 4.79 Å². The van der Waals surface area contributed by atoms with Crippen molar-refractivity contribution in [2.75, 3.05) is 6.54 Å². The summed E-state index contributed by atoms with van der Waals surface area (Å²) in [6.07, 6.45) is 0.749. The maximum absolute atomic E-state index is 12.2. The number of likely N-dealkylation sites (tertiary alicyclic amines) is 1. The zero-order chi connectivity index (χ0) is 14.0. The first kappa shape index (κ1) is 14.1. The third kappa shape index (κ3) is 2.98. The van der Waals surface area contributed by atoms with Crippen molar-refractivity contribution in [1.29, 1.82) is 0 Å². The molecule has 1 amide bonds. The molecule has 1 heterocycles. The van der Waals surface area contributed by atoms with Crippen LogP contribution in [0.2, 0.25) is 0 Å². The molecule has 0 aromatic heterocycles. The first-order valence-electron chi connectivity index (χ1n) is 7.11. The fraction of sp³-hybridized carbons (Fsp3) is 0.562. The number of carbonyl (C=O) groups is 1. The van der Waals surface area contributed by atoms with E-state index in [1.165, 1.54) is 5.56 Å². The smallest absolute Gasteiger partial charge is 0.239 e. The van der Waals surface area contributed by atoms with Crippen molar-refractivity contribution in [3.63, 3.8) is 0 Å². The van der Waals surface area contributed by atoms with Gasteiger partial charge in [-0.25, -0.2) is 0 Å². The van der Waals surface area contributed by atoms with Crippen LogP contribution in [0.1, 0.15) is 38.7 Å². The molecule has 1 saturated heterocycles. The maximum atomic E-state index is 12.2. The SMILES string of the molecule is CC(C)CN1C(=O)[C@@H](N)C[C@@H](c2ccccc2)[C@H]1C. The van der Waals surface area contributed by atoms with Gasteiger partial charge in [0.05, 0.1) is 6.04 Å². The second-order valence-corrected chi connectivity index (χ2v) is 5.98. The molecule has 104 valence electrons. The van der Waals surface area contributed by atoms with Crippen LogP contribution in [0, 0.1) is 5.92 Å². The van der Waals surface area contributed by atoms with Crippen LogP contribution in [0.25, 0.3) is 0 Å². The molecule has 1 aromatic rings.